The second kappa shape index (κ2) is 10.5. The fourth-order valence-corrected chi connectivity index (χ4v) is 3.74. The number of ether oxygens (including phenoxy) is 2. The number of anilines is 3. The van der Waals surface area contributed by atoms with Gasteiger partial charge in [0, 0.05) is 17.3 Å². The van der Waals surface area contributed by atoms with Crippen LogP contribution in [0.15, 0.2) is 34.9 Å². The van der Waals surface area contributed by atoms with Crippen molar-refractivity contribution in [2.75, 3.05) is 17.7 Å². The third-order valence-corrected chi connectivity index (χ3v) is 5.57. The van der Waals surface area contributed by atoms with Crippen molar-refractivity contribution in [3.8, 4) is 5.88 Å². The molecular formula is C23H23F2N5O5. The Bertz CT molecular complexity index is 1230. The minimum atomic E-state index is -1.04. The number of nitrogens with zero attached hydrogens (tertiary/aromatic N) is 3. The van der Waals surface area contributed by atoms with Crippen LogP contribution in [0.25, 0.3) is 0 Å². The van der Waals surface area contributed by atoms with Crippen LogP contribution in [0.1, 0.15) is 41.9 Å². The molecule has 3 aromatic rings. The number of amides is 1. The molecule has 2 N–H and O–H groups in total. The van der Waals surface area contributed by atoms with Crippen molar-refractivity contribution < 1.29 is 32.3 Å². The van der Waals surface area contributed by atoms with E-state index in [4.69, 9.17) is 13.9 Å². The summed E-state index contributed by atoms with van der Waals surface area (Å²) in [5, 5.41) is 12.5. The maximum atomic E-state index is 13.3. The number of esters is 1. The summed E-state index contributed by atoms with van der Waals surface area (Å²) < 4.78 is 42.4. The van der Waals surface area contributed by atoms with Gasteiger partial charge in [-0.2, -0.15) is 0 Å². The van der Waals surface area contributed by atoms with Gasteiger partial charge in [0.1, 0.15) is 6.10 Å². The zero-order chi connectivity index (χ0) is 24.9. The van der Waals surface area contributed by atoms with Crippen molar-refractivity contribution in [3.05, 3.63) is 53.6 Å². The van der Waals surface area contributed by atoms with Crippen LogP contribution in [0.5, 0.6) is 5.88 Å². The molecule has 12 heteroatoms. The zero-order valence-electron chi connectivity index (χ0n) is 19.0. The van der Waals surface area contributed by atoms with Gasteiger partial charge in [0.2, 0.25) is 5.88 Å². The second-order valence-electron chi connectivity index (χ2n) is 8.08. The number of carbonyl (C=O) groups excluding carboxylic acids is 2. The maximum absolute atomic E-state index is 13.3. The van der Waals surface area contributed by atoms with Gasteiger partial charge in [0.15, 0.2) is 11.6 Å². The van der Waals surface area contributed by atoms with Gasteiger partial charge in [0.05, 0.1) is 24.9 Å². The van der Waals surface area contributed by atoms with Crippen LogP contribution in [-0.4, -0.2) is 40.3 Å². The number of hydrogen-bond acceptors (Lipinski definition) is 9. The van der Waals surface area contributed by atoms with Gasteiger partial charge in [-0.1, -0.05) is 5.10 Å². The van der Waals surface area contributed by atoms with E-state index in [1.807, 2.05) is 0 Å². The minimum absolute atomic E-state index is 0.0542. The van der Waals surface area contributed by atoms with E-state index < -0.39 is 17.5 Å². The Kier molecular flexibility index (Phi) is 7.18. The monoisotopic (exact) mass is 487 g/mol. The SMILES string of the molecule is COC(=O)[C@H]1CC[C@H](Oc2ncc(NC(=O)c3nnc(Nc4ccc(F)c(F)c4)o3)cc2C)CC1. The zero-order valence-corrected chi connectivity index (χ0v) is 19.0. The van der Waals surface area contributed by atoms with Crippen LogP contribution in [0, 0.1) is 24.5 Å². The topological polar surface area (TPSA) is 128 Å². The predicted octanol–water partition coefficient (Wildman–Crippen LogP) is 4.16. The molecule has 0 bridgehead atoms. The van der Waals surface area contributed by atoms with Gasteiger partial charge in [-0.15, -0.1) is 5.10 Å². The van der Waals surface area contributed by atoms with Crippen LogP contribution < -0.4 is 15.4 Å². The molecule has 0 unspecified atom stereocenters. The first-order valence-electron chi connectivity index (χ1n) is 10.9. The lowest BCUT2D eigenvalue weighted by atomic mass is 9.87. The van der Waals surface area contributed by atoms with E-state index in [2.05, 4.69) is 25.8 Å². The van der Waals surface area contributed by atoms with Crippen molar-refractivity contribution in [1.82, 2.24) is 15.2 Å². The Balaban J connectivity index is 1.33. The number of hydrogen-bond donors (Lipinski definition) is 2. The molecular weight excluding hydrogens is 464 g/mol. The number of aryl methyl sites for hydroxylation is 1. The second-order valence-corrected chi connectivity index (χ2v) is 8.08. The van der Waals surface area contributed by atoms with Crippen LogP contribution in [0.4, 0.5) is 26.2 Å². The van der Waals surface area contributed by atoms with Crippen LogP contribution in [0.2, 0.25) is 0 Å². The van der Waals surface area contributed by atoms with Crippen molar-refractivity contribution in [2.24, 2.45) is 5.92 Å². The molecule has 0 aliphatic heterocycles. The smallest absolute Gasteiger partial charge is 0.320 e. The summed E-state index contributed by atoms with van der Waals surface area (Å²) in [4.78, 5) is 28.4. The van der Waals surface area contributed by atoms with Crippen molar-refractivity contribution in [3.63, 3.8) is 0 Å². The van der Waals surface area contributed by atoms with Crippen LogP contribution >= 0.6 is 0 Å². The fourth-order valence-electron chi connectivity index (χ4n) is 3.74. The molecule has 4 rings (SSSR count). The van der Waals surface area contributed by atoms with E-state index in [-0.39, 0.29) is 35.6 Å². The van der Waals surface area contributed by atoms with E-state index in [0.717, 1.165) is 25.0 Å². The average molecular weight is 487 g/mol. The molecule has 10 nitrogen and oxygen atoms in total. The lowest BCUT2D eigenvalue weighted by Crippen LogP contribution is -2.29. The molecule has 0 radical (unpaired) electrons. The number of carbonyl (C=O) groups is 2. The quantitative estimate of drug-likeness (QED) is 0.472. The summed E-state index contributed by atoms with van der Waals surface area (Å²) in [5.74, 6) is -2.89. The van der Waals surface area contributed by atoms with Crippen molar-refractivity contribution >= 4 is 29.3 Å². The Hall–Kier alpha value is -4.09. The van der Waals surface area contributed by atoms with Gasteiger partial charge in [-0.05, 0) is 50.8 Å². The van der Waals surface area contributed by atoms with Crippen LogP contribution in [-0.2, 0) is 9.53 Å². The highest BCUT2D eigenvalue weighted by Gasteiger charge is 2.28. The number of nitrogens with one attached hydrogen (secondary N) is 2. The lowest BCUT2D eigenvalue weighted by molar-refractivity contribution is -0.147. The van der Waals surface area contributed by atoms with Gasteiger partial charge in [-0.25, -0.2) is 13.8 Å². The Morgan fingerprint density at radius 2 is 1.83 bits per heavy atom. The molecule has 0 atom stereocenters. The molecule has 1 fully saturated rings. The summed E-state index contributed by atoms with van der Waals surface area (Å²) in [6, 6.07) is 4.67. The van der Waals surface area contributed by atoms with Crippen LogP contribution in [0.3, 0.4) is 0 Å². The number of halogens is 2. The van der Waals surface area contributed by atoms with E-state index in [1.165, 1.54) is 19.4 Å². The summed E-state index contributed by atoms with van der Waals surface area (Å²) in [6.45, 7) is 1.80. The number of pyridine rings is 1. The normalized spacial score (nSPS) is 17.5. The first-order chi connectivity index (χ1) is 16.8. The Morgan fingerprint density at radius 3 is 2.51 bits per heavy atom. The third kappa shape index (κ3) is 5.89. The predicted molar refractivity (Wildman–Crippen MR) is 119 cm³/mol. The Labute approximate surface area is 199 Å². The average Bonchev–Trinajstić information content (AvgIpc) is 3.32. The van der Waals surface area contributed by atoms with E-state index in [9.17, 15) is 18.4 Å². The van der Waals surface area contributed by atoms with Crippen molar-refractivity contribution in [1.29, 1.82) is 0 Å². The highest BCUT2D eigenvalue weighted by Crippen LogP contribution is 2.29. The number of aromatic nitrogens is 3. The van der Waals surface area contributed by atoms with Gasteiger partial charge >= 0.3 is 23.8 Å². The Morgan fingerprint density at radius 1 is 1.06 bits per heavy atom. The summed E-state index contributed by atoms with van der Waals surface area (Å²) in [6.07, 6.45) is 4.22. The lowest BCUT2D eigenvalue weighted by Gasteiger charge is -2.27. The highest BCUT2D eigenvalue weighted by molar-refractivity contribution is 6.00. The first kappa shape index (κ1) is 24.0. The molecule has 1 aliphatic rings. The number of benzene rings is 1. The molecule has 1 amide bonds. The van der Waals surface area contributed by atoms with Crippen molar-refractivity contribution in [2.45, 2.75) is 38.7 Å². The molecule has 1 aromatic carbocycles. The number of methoxy groups -OCH3 is 1. The maximum Gasteiger partial charge on any atom is 0.320 e. The van der Waals surface area contributed by atoms with Gasteiger partial charge in [0.25, 0.3) is 0 Å². The standard InChI is InChI=1S/C23H23F2N5O5/c1-12-9-15(11-26-20(12)34-16-6-3-13(4-7-16)22(32)33-2)27-19(31)21-29-30-23(35-21)28-14-5-8-17(24)18(25)10-14/h5,8-11,13,16H,3-4,6-7H2,1-2H3,(H,27,31)(H,28,30)/t13-,16-. The molecule has 1 saturated carbocycles. The van der Waals surface area contributed by atoms with Gasteiger partial charge < -0.3 is 24.5 Å². The third-order valence-electron chi connectivity index (χ3n) is 5.57. The van der Waals surface area contributed by atoms with E-state index in [0.29, 0.717) is 30.0 Å². The highest BCUT2D eigenvalue weighted by atomic mass is 19.2. The molecule has 0 spiro atoms. The summed E-state index contributed by atoms with van der Waals surface area (Å²) in [5.41, 5.74) is 1.28. The minimum Gasteiger partial charge on any atom is -0.474 e. The molecule has 184 valence electrons. The molecule has 0 saturated heterocycles. The fraction of sp³-hybridized carbons (Fsp3) is 0.348. The summed E-state index contributed by atoms with van der Waals surface area (Å²) in [7, 11) is 1.39. The van der Waals surface area contributed by atoms with Gasteiger partial charge in [-0.3, -0.25) is 9.59 Å². The summed E-state index contributed by atoms with van der Waals surface area (Å²) >= 11 is 0. The number of rotatable bonds is 7. The largest absolute Gasteiger partial charge is 0.474 e. The van der Waals surface area contributed by atoms with E-state index in [1.54, 1.807) is 13.0 Å². The molecule has 2 heterocycles. The van der Waals surface area contributed by atoms with E-state index >= 15 is 0 Å². The first-order valence-corrected chi connectivity index (χ1v) is 10.9. The molecule has 2 aromatic heterocycles. The molecule has 1 aliphatic carbocycles. The molecule has 35 heavy (non-hydrogen) atoms.